The number of nitrogens with two attached hydrogens (primary N) is 1. The van der Waals surface area contributed by atoms with Gasteiger partial charge in [-0.2, -0.15) is 0 Å². The Balaban J connectivity index is 2.19. The maximum absolute atomic E-state index is 6.29. The van der Waals surface area contributed by atoms with E-state index in [0.717, 1.165) is 35.3 Å². The summed E-state index contributed by atoms with van der Waals surface area (Å²) in [6, 6.07) is 6.15. The lowest BCUT2D eigenvalue weighted by atomic mass is 9.99. The van der Waals surface area contributed by atoms with Gasteiger partial charge in [-0.1, -0.05) is 24.6 Å². The van der Waals surface area contributed by atoms with Crippen LogP contribution in [0.15, 0.2) is 18.2 Å². The molecule has 1 aliphatic heterocycles. The van der Waals surface area contributed by atoms with Gasteiger partial charge in [0.2, 0.25) is 0 Å². The summed E-state index contributed by atoms with van der Waals surface area (Å²) in [6.45, 7) is 5.08. The first kappa shape index (κ1) is 11.7. The van der Waals surface area contributed by atoms with E-state index in [1.54, 1.807) is 0 Å². The number of benzene rings is 1. The highest BCUT2D eigenvalue weighted by Crippen LogP contribution is 2.30. The van der Waals surface area contributed by atoms with Crippen LogP contribution >= 0.6 is 11.6 Å². The smallest absolute Gasteiger partial charge is 0.0642 e. The first-order valence-electron chi connectivity index (χ1n) is 5.94. The highest BCUT2D eigenvalue weighted by Gasteiger charge is 2.18. The molecule has 1 atom stereocenters. The van der Waals surface area contributed by atoms with Gasteiger partial charge < -0.3 is 10.6 Å². The van der Waals surface area contributed by atoms with E-state index in [2.05, 4.69) is 24.0 Å². The quantitative estimate of drug-likeness (QED) is 0.858. The van der Waals surface area contributed by atoms with E-state index in [1.165, 1.54) is 12.8 Å². The number of rotatable bonds is 2. The van der Waals surface area contributed by atoms with E-state index in [1.807, 2.05) is 6.07 Å². The summed E-state index contributed by atoms with van der Waals surface area (Å²) < 4.78 is 0. The molecule has 1 saturated heterocycles. The molecule has 0 amide bonds. The highest BCUT2D eigenvalue weighted by molar-refractivity contribution is 6.33. The standard InChI is InChI=1S/C13H19ClN2/c1-10-3-2-6-16(9-10)13-5-4-11(8-15)7-12(13)14/h4-5,7,10H,2-3,6,8-9,15H2,1H3/t10-/m1/s1. The largest absolute Gasteiger partial charge is 0.370 e. The molecule has 0 aliphatic carbocycles. The van der Waals surface area contributed by atoms with Gasteiger partial charge in [-0.3, -0.25) is 0 Å². The van der Waals surface area contributed by atoms with E-state index >= 15 is 0 Å². The minimum Gasteiger partial charge on any atom is -0.370 e. The number of hydrogen-bond acceptors (Lipinski definition) is 2. The van der Waals surface area contributed by atoms with Crippen molar-refractivity contribution in [1.29, 1.82) is 0 Å². The first-order valence-corrected chi connectivity index (χ1v) is 6.32. The van der Waals surface area contributed by atoms with E-state index in [4.69, 9.17) is 17.3 Å². The zero-order valence-electron chi connectivity index (χ0n) is 9.75. The third kappa shape index (κ3) is 2.50. The minimum absolute atomic E-state index is 0.552. The van der Waals surface area contributed by atoms with Gasteiger partial charge in [-0.25, -0.2) is 0 Å². The van der Waals surface area contributed by atoms with Crippen molar-refractivity contribution in [2.24, 2.45) is 11.7 Å². The molecule has 0 bridgehead atoms. The molecule has 1 aromatic rings. The molecule has 0 radical (unpaired) electrons. The van der Waals surface area contributed by atoms with Crippen LogP contribution in [0.2, 0.25) is 5.02 Å². The Morgan fingerprint density at radius 2 is 2.31 bits per heavy atom. The predicted octanol–water partition coefficient (Wildman–Crippen LogP) is 3.04. The Hall–Kier alpha value is -0.730. The molecule has 16 heavy (non-hydrogen) atoms. The number of halogens is 1. The van der Waals surface area contributed by atoms with Gasteiger partial charge in [-0.05, 0) is 36.5 Å². The van der Waals surface area contributed by atoms with Crippen molar-refractivity contribution in [2.75, 3.05) is 18.0 Å². The van der Waals surface area contributed by atoms with E-state index in [9.17, 15) is 0 Å². The molecule has 0 spiro atoms. The second kappa shape index (κ2) is 5.07. The Bertz CT molecular complexity index is 365. The normalized spacial score (nSPS) is 21.2. The fourth-order valence-corrected chi connectivity index (χ4v) is 2.66. The summed E-state index contributed by atoms with van der Waals surface area (Å²) in [6.07, 6.45) is 2.59. The van der Waals surface area contributed by atoms with Crippen LogP contribution in [0.5, 0.6) is 0 Å². The molecule has 0 unspecified atom stereocenters. The molecular weight excluding hydrogens is 220 g/mol. The lowest BCUT2D eigenvalue weighted by molar-refractivity contribution is 0.447. The zero-order valence-corrected chi connectivity index (χ0v) is 10.5. The fourth-order valence-electron chi connectivity index (χ4n) is 2.34. The van der Waals surface area contributed by atoms with Crippen LogP contribution in [0, 0.1) is 5.92 Å². The van der Waals surface area contributed by atoms with Crippen molar-refractivity contribution >= 4 is 17.3 Å². The average molecular weight is 239 g/mol. The van der Waals surface area contributed by atoms with E-state index in [0.29, 0.717) is 6.54 Å². The molecule has 88 valence electrons. The average Bonchev–Trinajstić information content (AvgIpc) is 2.28. The van der Waals surface area contributed by atoms with Crippen molar-refractivity contribution < 1.29 is 0 Å². The summed E-state index contributed by atoms with van der Waals surface area (Å²) in [4.78, 5) is 2.39. The second-order valence-electron chi connectivity index (χ2n) is 4.68. The van der Waals surface area contributed by atoms with Gasteiger partial charge >= 0.3 is 0 Å². The van der Waals surface area contributed by atoms with Crippen LogP contribution in [0.25, 0.3) is 0 Å². The minimum atomic E-state index is 0.552. The van der Waals surface area contributed by atoms with Gasteiger partial charge in [0.25, 0.3) is 0 Å². The van der Waals surface area contributed by atoms with Gasteiger partial charge in [0, 0.05) is 19.6 Å². The Morgan fingerprint density at radius 1 is 1.50 bits per heavy atom. The van der Waals surface area contributed by atoms with Crippen molar-refractivity contribution in [1.82, 2.24) is 0 Å². The predicted molar refractivity (Wildman–Crippen MR) is 70.0 cm³/mol. The maximum Gasteiger partial charge on any atom is 0.0642 e. The highest BCUT2D eigenvalue weighted by atomic mass is 35.5. The fraction of sp³-hybridized carbons (Fsp3) is 0.538. The van der Waals surface area contributed by atoms with E-state index in [-0.39, 0.29) is 0 Å². The van der Waals surface area contributed by atoms with Crippen LogP contribution in [0.1, 0.15) is 25.3 Å². The summed E-state index contributed by atoms with van der Waals surface area (Å²) in [7, 11) is 0. The van der Waals surface area contributed by atoms with Crippen LogP contribution in [0.4, 0.5) is 5.69 Å². The molecule has 2 N–H and O–H groups in total. The van der Waals surface area contributed by atoms with Crippen LogP contribution in [-0.4, -0.2) is 13.1 Å². The molecule has 0 saturated carbocycles. The van der Waals surface area contributed by atoms with Gasteiger partial charge in [0.15, 0.2) is 0 Å². The second-order valence-corrected chi connectivity index (χ2v) is 5.09. The van der Waals surface area contributed by atoms with Crippen LogP contribution in [-0.2, 0) is 6.54 Å². The molecule has 3 heteroatoms. The third-order valence-corrected chi connectivity index (χ3v) is 3.55. The van der Waals surface area contributed by atoms with Crippen molar-refractivity contribution in [3.8, 4) is 0 Å². The lowest BCUT2D eigenvalue weighted by Crippen LogP contribution is -2.34. The van der Waals surface area contributed by atoms with Gasteiger partial charge in [0.05, 0.1) is 10.7 Å². The Morgan fingerprint density at radius 3 is 2.94 bits per heavy atom. The number of nitrogens with zero attached hydrogens (tertiary/aromatic N) is 1. The maximum atomic E-state index is 6.29. The topological polar surface area (TPSA) is 29.3 Å². The Labute approximate surface area is 102 Å². The summed E-state index contributed by atoms with van der Waals surface area (Å²) in [5, 5.41) is 0.831. The molecule has 1 fully saturated rings. The number of anilines is 1. The van der Waals surface area contributed by atoms with Crippen molar-refractivity contribution in [3.05, 3.63) is 28.8 Å². The van der Waals surface area contributed by atoms with Crippen LogP contribution < -0.4 is 10.6 Å². The van der Waals surface area contributed by atoms with Crippen molar-refractivity contribution in [3.63, 3.8) is 0 Å². The van der Waals surface area contributed by atoms with Gasteiger partial charge in [-0.15, -0.1) is 0 Å². The third-order valence-electron chi connectivity index (χ3n) is 3.25. The number of hydrogen-bond donors (Lipinski definition) is 1. The van der Waals surface area contributed by atoms with Crippen molar-refractivity contribution in [2.45, 2.75) is 26.3 Å². The summed E-state index contributed by atoms with van der Waals surface area (Å²) in [5.41, 5.74) is 7.85. The van der Waals surface area contributed by atoms with E-state index < -0.39 is 0 Å². The van der Waals surface area contributed by atoms with Crippen LogP contribution in [0.3, 0.4) is 0 Å². The molecule has 0 aromatic heterocycles. The Kier molecular flexibility index (Phi) is 3.72. The zero-order chi connectivity index (χ0) is 11.5. The SMILES string of the molecule is C[C@@H]1CCCN(c2ccc(CN)cc2Cl)C1. The first-order chi connectivity index (χ1) is 7.70. The molecule has 1 aromatic carbocycles. The summed E-state index contributed by atoms with van der Waals surface area (Å²) >= 11 is 6.29. The number of piperidine rings is 1. The lowest BCUT2D eigenvalue weighted by Gasteiger charge is -2.33. The monoisotopic (exact) mass is 238 g/mol. The molecular formula is C13H19ClN2. The summed E-state index contributed by atoms with van der Waals surface area (Å²) in [5.74, 6) is 0.763. The molecule has 1 heterocycles. The molecule has 1 aliphatic rings. The molecule has 2 nitrogen and oxygen atoms in total. The molecule has 2 rings (SSSR count). The van der Waals surface area contributed by atoms with Gasteiger partial charge in [0.1, 0.15) is 0 Å².